The molecule has 0 spiro atoms. The Balaban J connectivity index is 2.29. The zero-order valence-electron chi connectivity index (χ0n) is 15.3. The van der Waals surface area contributed by atoms with E-state index in [2.05, 4.69) is 26.8 Å². The molecule has 4 atom stereocenters. The standard InChI is InChI=1S/C20H34O4/c1-19(2)10-16(24)11-20(3)17(6-4-14(12-22)8-9-21)15(13-23)5-7-18(19)20/h5,8,16-18,21-24H,4,6-7,9-13H2,1-3H3/b14-8+/t16-,17+,18-,20-/m1/s1. The maximum atomic E-state index is 10.5. The largest absolute Gasteiger partial charge is 0.393 e. The van der Waals surface area contributed by atoms with Gasteiger partial charge >= 0.3 is 0 Å². The number of fused-ring (bicyclic) bond motifs is 1. The van der Waals surface area contributed by atoms with Crippen molar-refractivity contribution in [3.63, 3.8) is 0 Å². The summed E-state index contributed by atoms with van der Waals surface area (Å²) in [6, 6.07) is 0. The molecule has 0 aliphatic heterocycles. The molecule has 2 aliphatic rings. The number of aliphatic hydroxyl groups is 4. The Morgan fingerprint density at radius 3 is 2.50 bits per heavy atom. The van der Waals surface area contributed by atoms with Crippen LogP contribution in [0.25, 0.3) is 0 Å². The Hall–Kier alpha value is -0.680. The lowest BCUT2D eigenvalue weighted by atomic mass is 9.47. The van der Waals surface area contributed by atoms with Gasteiger partial charge in [-0.15, -0.1) is 0 Å². The van der Waals surface area contributed by atoms with Crippen molar-refractivity contribution < 1.29 is 20.4 Å². The highest BCUT2D eigenvalue weighted by Gasteiger charge is 2.54. The van der Waals surface area contributed by atoms with Gasteiger partial charge in [0.25, 0.3) is 0 Å². The average Bonchev–Trinajstić information content (AvgIpc) is 2.49. The Kier molecular flexibility index (Phi) is 6.29. The fourth-order valence-corrected chi connectivity index (χ4v) is 5.57. The third-order valence-electron chi connectivity index (χ3n) is 6.56. The van der Waals surface area contributed by atoms with Crippen LogP contribution in [0.5, 0.6) is 0 Å². The SMILES string of the molecule is CC1(C)C[C@@H](O)C[C@@]2(C)[C@@H]1CC=C(CO)[C@@H]2CC/C(=C\CO)CO. The molecule has 4 heteroatoms. The van der Waals surface area contributed by atoms with Crippen LogP contribution in [-0.2, 0) is 0 Å². The normalized spacial score (nSPS) is 36.2. The predicted octanol–water partition coefficient (Wildman–Crippen LogP) is 2.42. The molecule has 24 heavy (non-hydrogen) atoms. The van der Waals surface area contributed by atoms with Gasteiger partial charge in [-0.25, -0.2) is 0 Å². The predicted molar refractivity (Wildman–Crippen MR) is 95.4 cm³/mol. The third-order valence-corrected chi connectivity index (χ3v) is 6.56. The molecular weight excluding hydrogens is 304 g/mol. The lowest BCUT2D eigenvalue weighted by molar-refractivity contribution is -0.0970. The van der Waals surface area contributed by atoms with Gasteiger partial charge < -0.3 is 20.4 Å². The van der Waals surface area contributed by atoms with Gasteiger partial charge in [-0.2, -0.15) is 0 Å². The van der Waals surface area contributed by atoms with E-state index in [9.17, 15) is 15.3 Å². The third kappa shape index (κ3) is 3.77. The molecule has 138 valence electrons. The first-order chi connectivity index (χ1) is 11.3. The lowest BCUT2D eigenvalue weighted by Crippen LogP contribution is -2.52. The quantitative estimate of drug-likeness (QED) is 0.561. The number of aliphatic hydroxyl groups excluding tert-OH is 4. The van der Waals surface area contributed by atoms with E-state index in [0.29, 0.717) is 12.3 Å². The topological polar surface area (TPSA) is 80.9 Å². The minimum atomic E-state index is -0.299. The Morgan fingerprint density at radius 2 is 1.92 bits per heavy atom. The zero-order valence-corrected chi connectivity index (χ0v) is 15.3. The van der Waals surface area contributed by atoms with E-state index in [1.54, 1.807) is 6.08 Å². The van der Waals surface area contributed by atoms with Crippen LogP contribution in [0.2, 0.25) is 0 Å². The minimum Gasteiger partial charge on any atom is -0.393 e. The summed E-state index contributed by atoms with van der Waals surface area (Å²) in [5.74, 6) is 0.678. The number of rotatable bonds is 6. The van der Waals surface area contributed by atoms with Crippen LogP contribution in [0.3, 0.4) is 0 Å². The van der Waals surface area contributed by atoms with E-state index in [1.165, 1.54) is 0 Å². The highest BCUT2D eigenvalue weighted by Crippen LogP contribution is 2.60. The number of hydrogen-bond acceptors (Lipinski definition) is 4. The Labute approximate surface area is 145 Å². The second-order valence-electron chi connectivity index (χ2n) is 8.58. The van der Waals surface area contributed by atoms with Crippen molar-refractivity contribution in [3.8, 4) is 0 Å². The van der Waals surface area contributed by atoms with Crippen molar-refractivity contribution in [3.05, 3.63) is 23.3 Å². The van der Waals surface area contributed by atoms with Crippen LogP contribution < -0.4 is 0 Å². The van der Waals surface area contributed by atoms with Crippen molar-refractivity contribution in [2.24, 2.45) is 22.7 Å². The minimum absolute atomic E-state index is 0.0420. The van der Waals surface area contributed by atoms with E-state index < -0.39 is 0 Å². The molecule has 2 rings (SSSR count). The van der Waals surface area contributed by atoms with Crippen molar-refractivity contribution in [2.75, 3.05) is 19.8 Å². The fraction of sp³-hybridized carbons (Fsp3) is 0.800. The van der Waals surface area contributed by atoms with Gasteiger partial charge in [-0.3, -0.25) is 0 Å². The monoisotopic (exact) mass is 338 g/mol. The van der Waals surface area contributed by atoms with E-state index in [-0.39, 0.29) is 42.7 Å². The average molecular weight is 338 g/mol. The molecule has 0 aromatic heterocycles. The van der Waals surface area contributed by atoms with Crippen molar-refractivity contribution in [1.29, 1.82) is 0 Å². The van der Waals surface area contributed by atoms with E-state index in [4.69, 9.17) is 5.11 Å². The van der Waals surface area contributed by atoms with Crippen LogP contribution >= 0.6 is 0 Å². The maximum absolute atomic E-state index is 10.5. The molecule has 0 unspecified atom stereocenters. The van der Waals surface area contributed by atoms with Crippen LogP contribution in [-0.4, -0.2) is 46.4 Å². The first kappa shape index (κ1) is 19.6. The van der Waals surface area contributed by atoms with Gasteiger partial charge in [0, 0.05) is 0 Å². The van der Waals surface area contributed by atoms with Gasteiger partial charge in [0.1, 0.15) is 0 Å². The molecule has 2 aliphatic carbocycles. The molecule has 0 saturated heterocycles. The highest BCUT2D eigenvalue weighted by molar-refractivity contribution is 5.21. The van der Waals surface area contributed by atoms with Gasteiger partial charge in [0.05, 0.1) is 25.9 Å². The molecular formula is C20H34O4. The van der Waals surface area contributed by atoms with Gasteiger partial charge in [0.15, 0.2) is 0 Å². The molecule has 0 aromatic carbocycles. The summed E-state index contributed by atoms with van der Waals surface area (Å²) in [5, 5.41) is 38.8. The highest BCUT2D eigenvalue weighted by atomic mass is 16.3. The molecule has 0 heterocycles. The van der Waals surface area contributed by atoms with Crippen molar-refractivity contribution >= 4 is 0 Å². The Morgan fingerprint density at radius 1 is 1.21 bits per heavy atom. The van der Waals surface area contributed by atoms with Gasteiger partial charge in [-0.05, 0) is 65.9 Å². The summed E-state index contributed by atoms with van der Waals surface area (Å²) in [6.45, 7) is 6.72. The second kappa shape index (κ2) is 7.69. The maximum Gasteiger partial charge on any atom is 0.0644 e. The first-order valence-electron chi connectivity index (χ1n) is 9.16. The molecule has 0 aromatic rings. The van der Waals surface area contributed by atoms with Crippen LogP contribution in [0.4, 0.5) is 0 Å². The Bertz CT molecular complexity index is 494. The van der Waals surface area contributed by atoms with E-state index in [0.717, 1.165) is 36.8 Å². The number of hydrogen-bond donors (Lipinski definition) is 4. The van der Waals surface area contributed by atoms with Gasteiger partial charge in [0.2, 0.25) is 0 Å². The fourth-order valence-electron chi connectivity index (χ4n) is 5.57. The second-order valence-corrected chi connectivity index (χ2v) is 8.58. The zero-order chi connectivity index (χ0) is 18.0. The molecule has 1 fully saturated rings. The summed E-state index contributed by atoms with van der Waals surface area (Å²) in [5.41, 5.74) is 1.94. The van der Waals surface area contributed by atoms with Crippen molar-refractivity contribution in [2.45, 2.75) is 59.0 Å². The summed E-state index contributed by atoms with van der Waals surface area (Å²) < 4.78 is 0. The van der Waals surface area contributed by atoms with Crippen LogP contribution in [0, 0.1) is 22.7 Å². The molecule has 1 saturated carbocycles. The first-order valence-corrected chi connectivity index (χ1v) is 9.16. The molecule has 0 radical (unpaired) electrons. The number of allylic oxidation sites excluding steroid dienone is 1. The van der Waals surface area contributed by atoms with Gasteiger partial charge in [-0.1, -0.05) is 32.9 Å². The van der Waals surface area contributed by atoms with Crippen LogP contribution in [0.15, 0.2) is 23.3 Å². The van der Waals surface area contributed by atoms with Crippen molar-refractivity contribution in [1.82, 2.24) is 0 Å². The lowest BCUT2D eigenvalue weighted by Gasteiger charge is -2.58. The summed E-state index contributed by atoms with van der Waals surface area (Å²) in [7, 11) is 0. The molecule has 0 amide bonds. The summed E-state index contributed by atoms with van der Waals surface area (Å²) >= 11 is 0. The van der Waals surface area contributed by atoms with Crippen LogP contribution in [0.1, 0.15) is 52.9 Å². The van der Waals surface area contributed by atoms with E-state index >= 15 is 0 Å². The molecule has 0 bridgehead atoms. The summed E-state index contributed by atoms with van der Waals surface area (Å²) in [6.07, 6.45) is 7.66. The van der Waals surface area contributed by atoms with E-state index in [1.807, 2.05) is 0 Å². The molecule has 4 N–H and O–H groups in total. The smallest absolute Gasteiger partial charge is 0.0644 e. The summed E-state index contributed by atoms with van der Waals surface area (Å²) in [4.78, 5) is 0. The molecule has 4 nitrogen and oxygen atoms in total.